The summed E-state index contributed by atoms with van der Waals surface area (Å²) in [5.74, 6) is 0.0483. The molecule has 4 aromatic rings. The van der Waals surface area contributed by atoms with Crippen molar-refractivity contribution >= 4 is 22.5 Å². The van der Waals surface area contributed by atoms with E-state index in [2.05, 4.69) is 5.32 Å². The zero-order valence-corrected chi connectivity index (χ0v) is 16.6. The van der Waals surface area contributed by atoms with Crippen LogP contribution in [-0.2, 0) is 17.8 Å². The van der Waals surface area contributed by atoms with E-state index in [1.165, 1.54) is 16.7 Å². The maximum Gasteiger partial charge on any atom is 0.275 e. The second-order valence-electron chi connectivity index (χ2n) is 6.96. The number of benzene rings is 2. The van der Waals surface area contributed by atoms with Crippen LogP contribution < -0.4 is 15.6 Å². The molecule has 0 radical (unpaired) electrons. The van der Waals surface area contributed by atoms with Gasteiger partial charge in [-0.1, -0.05) is 12.1 Å². The minimum Gasteiger partial charge on any atom is -0.494 e. The smallest absolute Gasteiger partial charge is 0.275 e. The molecule has 0 aliphatic carbocycles. The Labute approximate surface area is 172 Å². The van der Waals surface area contributed by atoms with Crippen LogP contribution in [0.25, 0.3) is 16.6 Å². The number of hydrogen-bond donors (Lipinski definition) is 1. The highest BCUT2D eigenvalue weighted by molar-refractivity contribution is 5.82. The molecular formula is C23H22FN3O3. The Kier molecular flexibility index (Phi) is 5.52. The molecule has 0 spiro atoms. The number of rotatable bonds is 7. The summed E-state index contributed by atoms with van der Waals surface area (Å²) in [6, 6.07) is 15.4. The molecule has 0 fully saturated rings. The average Bonchev–Trinajstić information content (AvgIpc) is 3.23. The van der Waals surface area contributed by atoms with E-state index in [0.717, 1.165) is 11.3 Å². The summed E-state index contributed by atoms with van der Waals surface area (Å²) in [5.41, 5.74) is 2.22. The molecule has 1 amide bonds. The van der Waals surface area contributed by atoms with E-state index in [9.17, 15) is 14.0 Å². The van der Waals surface area contributed by atoms with E-state index in [-0.39, 0.29) is 18.0 Å². The van der Waals surface area contributed by atoms with Gasteiger partial charge < -0.3 is 14.5 Å². The standard InChI is InChI=1S/C23H22FN3O3/c1-2-30-18-8-5-16(6-9-18)11-12-25-22(28)15-27-21-14-17(24)7-10-19(21)26-13-3-4-20(26)23(27)29/h3-10,13-14H,2,11-12,15H2,1H3,(H,25,28). The number of carbonyl (C=O) groups excluding carboxylic acids is 1. The first-order valence-corrected chi connectivity index (χ1v) is 9.84. The molecule has 0 saturated carbocycles. The molecule has 2 heterocycles. The molecule has 1 N–H and O–H groups in total. The SMILES string of the molecule is CCOc1ccc(CCNC(=O)Cn2c(=O)c3cccn3c3ccc(F)cc32)cc1. The van der Waals surface area contributed by atoms with Gasteiger partial charge in [-0.3, -0.25) is 14.2 Å². The number of hydrogen-bond acceptors (Lipinski definition) is 3. The lowest BCUT2D eigenvalue weighted by Crippen LogP contribution is -2.34. The number of aromatic nitrogens is 2. The van der Waals surface area contributed by atoms with Crippen LogP contribution in [0.15, 0.2) is 65.6 Å². The number of halogens is 1. The van der Waals surface area contributed by atoms with Crippen molar-refractivity contribution in [3.63, 3.8) is 0 Å². The van der Waals surface area contributed by atoms with Gasteiger partial charge >= 0.3 is 0 Å². The molecule has 0 saturated heterocycles. The van der Waals surface area contributed by atoms with E-state index in [0.29, 0.717) is 36.1 Å². The van der Waals surface area contributed by atoms with E-state index < -0.39 is 5.82 Å². The minimum atomic E-state index is -0.460. The summed E-state index contributed by atoms with van der Waals surface area (Å²) < 4.78 is 22.3. The van der Waals surface area contributed by atoms with Gasteiger partial charge in [-0.05, 0) is 61.4 Å². The zero-order valence-electron chi connectivity index (χ0n) is 16.6. The molecule has 7 heteroatoms. The van der Waals surface area contributed by atoms with Crippen LogP contribution in [0.4, 0.5) is 4.39 Å². The molecule has 2 aromatic heterocycles. The maximum absolute atomic E-state index is 13.8. The summed E-state index contributed by atoms with van der Waals surface area (Å²) in [6.07, 6.45) is 2.40. The van der Waals surface area contributed by atoms with E-state index in [4.69, 9.17) is 4.74 Å². The lowest BCUT2D eigenvalue weighted by atomic mass is 10.1. The highest BCUT2D eigenvalue weighted by atomic mass is 19.1. The molecular weight excluding hydrogens is 385 g/mol. The molecule has 2 aromatic carbocycles. The first-order chi connectivity index (χ1) is 14.6. The van der Waals surface area contributed by atoms with Gasteiger partial charge in [0.05, 0.1) is 17.6 Å². The molecule has 0 bridgehead atoms. The Balaban J connectivity index is 1.49. The number of ether oxygens (including phenoxy) is 1. The highest BCUT2D eigenvalue weighted by Gasteiger charge is 2.14. The average molecular weight is 407 g/mol. The van der Waals surface area contributed by atoms with Gasteiger partial charge in [0, 0.05) is 12.7 Å². The zero-order chi connectivity index (χ0) is 21.1. The van der Waals surface area contributed by atoms with Gasteiger partial charge in [-0.25, -0.2) is 4.39 Å². The Morgan fingerprint density at radius 1 is 1.07 bits per heavy atom. The quantitative estimate of drug-likeness (QED) is 0.512. The second kappa shape index (κ2) is 8.41. The van der Waals surface area contributed by atoms with Gasteiger partial charge in [-0.2, -0.15) is 0 Å². The fourth-order valence-electron chi connectivity index (χ4n) is 3.55. The minimum absolute atomic E-state index is 0.177. The third-order valence-corrected chi connectivity index (χ3v) is 4.97. The Hall–Kier alpha value is -3.61. The number of carbonyl (C=O) groups is 1. The van der Waals surface area contributed by atoms with Gasteiger partial charge in [0.2, 0.25) is 5.91 Å². The molecule has 0 aliphatic rings. The van der Waals surface area contributed by atoms with Crippen molar-refractivity contribution in [2.24, 2.45) is 0 Å². The predicted octanol–water partition coefficient (Wildman–Crippen LogP) is 3.15. The number of nitrogens with zero attached hydrogens (tertiary/aromatic N) is 2. The van der Waals surface area contributed by atoms with Crippen LogP contribution in [0.1, 0.15) is 12.5 Å². The monoisotopic (exact) mass is 407 g/mol. The molecule has 0 atom stereocenters. The van der Waals surface area contributed by atoms with E-state index in [1.54, 1.807) is 28.8 Å². The maximum atomic E-state index is 13.8. The first-order valence-electron chi connectivity index (χ1n) is 9.84. The van der Waals surface area contributed by atoms with Crippen molar-refractivity contribution in [3.8, 4) is 5.75 Å². The van der Waals surface area contributed by atoms with Crippen LogP contribution in [0.5, 0.6) is 5.75 Å². The van der Waals surface area contributed by atoms with Crippen LogP contribution in [0, 0.1) is 5.82 Å². The Bertz CT molecular complexity index is 1260. The van der Waals surface area contributed by atoms with Gasteiger partial charge in [0.1, 0.15) is 23.6 Å². The molecule has 30 heavy (non-hydrogen) atoms. The lowest BCUT2D eigenvalue weighted by Gasteiger charge is -2.13. The van der Waals surface area contributed by atoms with E-state index >= 15 is 0 Å². The number of amides is 1. The van der Waals surface area contributed by atoms with Crippen LogP contribution in [0.3, 0.4) is 0 Å². The number of fused-ring (bicyclic) bond motifs is 3. The highest BCUT2D eigenvalue weighted by Crippen LogP contribution is 2.17. The van der Waals surface area contributed by atoms with Crippen molar-refractivity contribution in [3.05, 3.63) is 82.5 Å². The molecule has 6 nitrogen and oxygen atoms in total. The Morgan fingerprint density at radius 2 is 1.87 bits per heavy atom. The van der Waals surface area contributed by atoms with Crippen molar-refractivity contribution in [1.29, 1.82) is 0 Å². The normalized spacial score (nSPS) is 11.1. The molecule has 4 rings (SSSR count). The summed E-state index contributed by atoms with van der Waals surface area (Å²) in [4.78, 5) is 25.4. The largest absolute Gasteiger partial charge is 0.494 e. The third kappa shape index (κ3) is 3.91. The van der Waals surface area contributed by atoms with Crippen molar-refractivity contribution in [1.82, 2.24) is 14.3 Å². The van der Waals surface area contributed by atoms with Crippen LogP contribution >= 0.6 is 0 Å². The summed E-state index contributed by atoms with van der Waals surface area (Å²) in [6.45, 7) is 2.80. The van der Waals surface area contributed by atoms with E-state index in [1.807, 2.05) is 31.2 Å². The topological polar surface area (TPSA) is 64.7 Å². The van der Waals surface area contributed by atoms with Crippen LogP contribution in [-0.4, -0.2) is 28.0 Å². The molecule has 0 unspecified atom stereocenters. The van der Waals surface area contributed by atoms with Gasteiger partial charge in [0.15, 0.2) is 0 Å². The van der Waals surface area contributed by atoms with Gasteiger partial charge in [0.25, 0.3) is 5.56 Å². The van der Waals surface area contributed by atoms with Gasteiger partial charge in [-0.15, -0.1) is 0 Å². The summed E-state index contributed by atoms with van der Waals surface area (Å²) >= 11 is 0. The van der Waals surface area contributed by atoms with Crippen molar-refractivity contribution < 1.29 is 13.9 Å². The fourth-order valence-corrected chi connectivity index (χ4v) is 3.55. The Morgan fingerprint density at radius 3 is 2.63 bits per heavy atom. The molecule has 0 aliphatic heterocycles. The van der Waals surface area contributed by atoms with Crippen molar-refractivity contribution in [2.75, 3.05) is 13.2 Å². The first kappa shape index (κ1) is 19.7. The summed E-state index contributed by atoms with van der Waals surface area (Å²) in [5, 5.41) is 2.84. The second-order valence-corrected chi connectivity index (χ2v) is 6.96. The predicted molar refractivity (Wildman–Crippen MR) is 113 cm³/mol. The summed E-state index contributed by atoms with van der Waals surface area (Å²) in [7, 11) is 0. The lowest BCUT2D eigenvalue weighted by molar-refractivity contribution is -0.121. The third-order valence-electron chi connectivity index (χ3n) is 4.97. The number of nitrogens with one attached hydrogen (secondary N) is 1. The fraction of sp³-hybridized carbons (Fsp3) is 0.217. The van der Waals surface area contributed by atoms with Crippen molar-refractivity contribution in [2.45, 2.75) is 19.9 Å². The molecule has 154 valence electrons. The van der Waals surface area contributed by atoms with Crippen LogP contribution in [0.2, 0.25) is 0 Å².